The molecule has 0 amide bonds. The van der Waals surface area contributed by atoms with Gasteiger partial charge in [0.1, 0.15) is 6.10 Å². The summed E-state index contributed by atoms with van der Waals surface area (Å²) < 4.78 is 37.6. The summed E-state index contributed by atoms with van der Waals surface area (Å²) >= 11 is 0. The third-order valence-electron chi connectivity index (χ3n) is 2.13. The van der Waals surface area contributed by atoms with Gasteiger partial charge >= 0.3 is 10.4 Å². The van der Waals surface area contributed by atoms with Crippen LogP contribution in [0.15, 0.2) is 0 Å². The lowest BCUT2D eigenvalue weighted by Gasteiger charge is -2.25. The molecule has 0 aromatic rings. The summed E-state index contributed by atoms with van der Waals surface area (Å²) in [7, 11) is -4.56. The summed E-state index contributed by atoms with van der Waals surface area (Å²) in [6.45, 7) is 0.706. The monoisotopic (exact) mass is 273 g/mol. The Morgan fingerprint density at radius 1 is 1.41 bits per heavy atom. The molecular formula is C8H19NO7S. The van der Waals surface area contributed by atoms with Gasteiger partial charge in [-0.05, 0) is 6.42 Å². The first-order chi connectivity index (χ1) is 7.72. The average Bonchev–Trinajstić information content (AvgIpc) is 2.25. The molecule has 0 saturated carbocycles. The number of hydrogen-bond donors (Lipinski definition) is 4. The van der Waals surface area contributed by atoms with Crippen molar-refractivity contribution in [1.82, 2.24) is 0 Å². The van der Waals surface area contributed by atoms with E-state index in [2.05, 4.69) is 4.18 Å². The number of rotatable bonds is 9. The zero-order valence-electron chi connectivity index (χ0n) is 9.57. The average molecular weight is 273 g/mol. The maximum Gasteiger partial charge on any atom is 0.397 e. The van der Waals surface area contributed by atoms with E-state index >= 15 is 0 Å². The molecule has 0 radical (unpaired) electrons. The molecule has 5 N–H and O–H groups in total. The lowest BCUT2D eigenvalue weighted by atomic mass is 10.0. The van der Waals surface area contributed by atoms with Crippen LogP contribution in [0.1, 0.15) is 13.3 Å². The normalized spacial score (nSPS) is 17.7. The van der Waals surface area contributed by atoms with Crippen LogP contribution in [0.3, 0.4) is 0 Å². The molecule has 104 valence electrons. The number of aliphatic hydroxyl groups is 2. The Kier molecular flexibility index (Phi) is 7.09. The van der Waals surface area contributed by atoms with Crippen LogP contribution >= 0.6 is 0 Å². The van der Waals surface area contributed by atoms with Crippen LogP contribution in [0.5, 0.6) is 0 Å². The molecule has 0 aliphatic heterocycles. The number of ether oxygens (including phenoxy) is 1. The quantitative estimate of drug-likeness (QED) is 0.364. The number of aliphatic hydroxyl groups excluding tert-OH is 2. The lowest BCUT2D eigenvalue weighted by Crippen LogP contribution is -2.48. The first-order valence-corrected chi connectivity index (χ1v) is 6.36. The SMILES string of the molecule is CCC(N)(CO)COCC(O)COS(=O)(=O)O. The Bertz CT molecular complexity index is 301. The van der Waals surface area contributed by atoms with E-state index in [0.29, 0.717) is 6.42 Å². The van der Waals surface area contributed by atoms with Gasteiger partial charge in [-0.25, -0.2) is 4.18 Å². The Morgan fingerprint density at radius 2 is 2.00 bits per heavy atom. The zero-order chi connectivity index (χ0) is 13.5. The van der Waals surface area contributed by atoms with Crippen molar-refractivity contribution in [2.75, 3.05) is 26.4 Å². The molecule has 8 nitrogen and oxygen atoms in total. The molecule has 0 spiro atoms. The van der Waals surface area contributed by atoms with Crippen LogP contribution in [0, 0.1) is 0 Å². The van der Waals surface area contributed by atoms with Crippen LogP contribution < -0.4 is 5.73 Å². The largest absolute Gasteiger partial charge is 0.397 e. The summed E-state index contributed by atoms with van der Waals surface area (Å²) in [6, 6.07) is 0. The van der Waals surface area contributed by atoms with Crippen molar-refractivity contribution < 1.29 is 32.1 Å². The summed E-state index contributed by atoms with van der Waals surface area (Å²) in [4.78, 5) is 0. The minimum absolute atomic E-state index is 0.0168. The van der Waals surface area contributed by atoms with Gasteiger partial charge in [-0.3, -0.25) is 4.55 Å². The molecule has 17 heavy (non-hydrogen) atoms. The molecule has 0 saturated heterocycles. The smallest absolute Gasteiger partial charge is 0.394 e. The summed E-state index contributed by atoms with van der Waals surface area (Å²) in [6.07, 6.45) is -0.724. The topological polar surface area (TPSA) is 139 Å². The van der Waals surface area contributed by atoms with E-state index in [1.54, 1.807) is 6.92 Å². The summed E-state index contributed by atoms with van der Waals surface area (Å²) in [5.41, 5.74) is 4.82. The maximum atomic E-state index is 10.2. The van der Waals surface area contributed by atoms with Gasteiger partial charge in [0.05, 0.1) is 32.0 Å². The van der Waals surface area contributed by atoms with Gasteiger partial charge in [0.25, 0.3) is 0 Å². The Balaban J connectivity index is 3.82. The van der Waals surface area contributed by atoms with Gasteiger partial charge < -0.3 is 20.7 Å². The predicted octanol–water partition coefficient (Wildman–Crippen LogP) is -1.72. The fourth-order valence-electron chi connectivity index (χ4n) is 0.870. The third-order valence-corrected chi connectivity index (χ3v) is 2.56. The van der Waals surface area contributed by atoms with E-state index in [1.807, 2.05) is 0 Å². The molecule has 0 heterocycles. The van der Waals surface area contributed by atoms with E-state index in [0.717, 1.165) is 0 Å². The van der Waals surface area contributed by atoms with Crippen molar-refractivity contribution in [1.29, 1.82) is 0 Å². The highest BCUT2D eigenvalue weighted by atomic mass is 32.3. The molecule has 0 aromatic heterocycles. The minimum Gasteiger partial charge on any atom is -0.394 e. The molecule has 0 aliphatic carbocycles. The van der Waals surface area contributed by atoms with Crippen molar-refractivity contribution in [3.8, 4) is 0 Å². The van der Waals surface area contributed by atoms with Crippen molar-refractivity contribution in [2.24, 2.45) is 5.73 Å². The zero-order valence-corrected chi connectivity index (χ0v) is 10.4. The molecule has 2 unspecified atom stereocenters. The highest BCUT2D eigenvalue weighted by Crippen LogP contribution is 2.06. The van der Waals surface area contributed by atoms with E-state index in [9.17, 15) is 13.5 Å². The molecule has 0 aromatic carbocycles. The predicted molar refractivity (Wildman–Crippen MR) is 58.6 cm³/mol. The minimum atomic E-state index is -4.56. The standard InChI is InChI=1S/C8H19NO7S/c1-2-8(9,5-10)6-15-3-7(11)4-16-17(12,13)14/h7,10-11H,2-6,9H2,1H3,(H,12,13,14). The second-order valence-electron chi connectivity index (χ2n) is 3.76. The van der Waals surface area contributed by atoms with Crippen molar-refractivity contribution in [3.63, 3.8) is 0 Å². The molecule has 0 aliphatic rings. The van der Waals surface area contributed by atoms with E-state index in [1.165, 1.54) is 0 Å². The van der Waals surface area contributed by atoms with Crippen LogP contribution in [-0.4, -0.2) is 61.3 Å². The van der Waals surface area contributed by atoms with E-state index < -0.39 is 28.6 Å². The van der Waals surface area contributed by atoms with Gasteiger partial charge in [-0.2, -0.15) is 8.42 Å². The van der Waals surface area contributed by atoms with Crippen LogP contribution in [0.4, 0.5) is 0 Å². The lowest BCUT2D eigenvalue weighted by molar-refractivity contribution is -0.0142. The second kappa shape index (κ2) is 7.21. The summed E-state index contributed by atoms with van der Waals surface area (Å²) in [5.74, 6) is 0. The van der Waals surface area contributed by atoms with Crippen LogP contribution in [-0.2, 0) is 19.3 Å². The van der Waals surface area contributed by atoms with Gasteiger partial charge in [0.15, 0.2) is 0 Å². The van der Waals surface area contributed by atoms with Gasteiger partial charge in [0.2, 0.25) is 0 Å². The molecule has 0 bridgehead atoms. The first kappa shape index (κ1) is 16.7. The van der Waals surface area contributed by atoms with Crippen molar-refractivity contribution >= 4 is 10.4 Å². The van der Waals surface area contributed by atoms with Crippen molar-refractivity contribution in [2.45, 2.75) is 25.0 Å². The Hall–Kier alpha value is -0.290. The van der Waals surface area contributed by atoms with Gasteiger partial charge in [-0.1, -0.05) is 6.92 Å². The number of nitrogens with two attached hydrogens (primary N) is 1. The molecule has 9 heteroatoms. The van der Waals surface area contributed by atoms with Gasteiger partial charge in [0, 0.05) is 0 Å². The molecule has 2 atom stereocenters. The summed E-state index contributed by atoms with van der Waals surface area (Å²) in [5, 5.41) is 18.2. The second-order valence-corrected chi connectivity index (χ2v) is 4.85. The van der Waals surface area contributed by atoms with E-state index in [4.69, 9.17) is 20.1 Å². The van der Waals surface area contributed by atoms with E-state index in [-0.39, 0.29) is 19.8 Å². The molecule has 0 rings (SSSR count). The number of hydrogen-bond acceptors (Lipinski definition) is 7. The van der Waals surface area contributed by atoms with Crippen LogP contribution in [0.25, 0.3) is 0 Å². The fraction of sp³-hybridized carbons (Fsp3) is 1.00. The third kappa shape index (κ3) is 8.44. The Labute approximate surface area is 100 Å². The van der Waals surface area contributed by atoms with Crippen LogP contribution in [0.2, 0.25) is 0 Å². The molecule has 0 fully saturated rings. The fourth-order valence-corrected chi connectivity index (χ4v) is 1.20. The highest BCUT2D eigenvalue weighted by Gasteiger charge is 2.22. The maximum absolute atomic E-state index is 10.2. The molecular weight excluding hydrogens is 254 g/mol. The van der Waals surface area contributed by atoms with Gasteiger partial charge in [-0.15, -0.1) is 0 Å². The Morgan fingerprint density at radius 3 is 2.41 bits per heavy atom. The van der Waals surface area contributed by atoms with Crippen molar-refractivity contribution in [3.05, 3.63) is 0 Å². The first-order valence-electron chi connectivity index (χ1n) is 5.00. The highest BCUT2D eigenvalue weighted by molar-refractivity contribution is 7.80.